The molecule has 3 rings (SSSR count). The fourth-order valence-electron chi connectivity index (χ4n) is 2.99. The van der Waals surface area contributed by atoms with Crippen molar-refractivity contribution in [1.29, 1.82) is 0 Å². The van der Waals surface area contributed by atoms with Crippen LogP contribution in [-0.2, 0) is 19.9 Å². The molecule has 1 aliphatic carbocycles. The molecule has 0 unspecified atom stereocenters. The minimum atomic E-state index is -0.111. The Hall–Kier alpha value is -2.63. The monoisotopic (exact) mass is 326 g/mol. The van der Waals surface area contributed by atoms with Gasteiger partial charge in [0.05, 0.1) is 5.69 Å². The van der Waals surface area contributed by atoms with Crippen molar-refractivity contribution in [3.63, 3.8) is 0 Å². The zero-order chi connectivity index (χ0) is 17.3. The van der Waals surface area contributed by atoms with Gasteiger partial charge in [-0.2, -0.15) is 5.10 Å². The third-order valence-electron chi connectivity index (χ3n) is 4.44. The molecule has 1 aromatic carbocycles. The first-order chi connectivity index (χ1) is 11.4. The summed E-state index contributed by atoms with van der Waals surface area (Å²) in [6.07, 6.45) is 2.26. The summed E-state index contributed by atoms with van der Waals surface area (Å²) in [7, 11) is 5.59. The van der Waals surface area contributed by atoms with Crippen LogP contribution < -0.4 is 15.8 Å². The van der Waals surface area contributed by atoms with Crippen molar-refractivity contribution in [1.82, 2.24) is 15.1 Å². The van der Waals surface area contributed by atoms with Crippen LogP contribution in [0, 0.1) is 0 Å². The molecule has 1 heterocycles. The Bertz CT molecular complexity index is 809. The topological polar surface area (TPSA) is 67.2 Å². The van der Waals surface area contributed by atoms with Gasteiger partial charge in [-0.1, -0.05) is 0 Å². The molecule has 6 nitrogen and oxygen atoms in total. The molecule has 1 N–H and O–H groups in total. The van der Waals surface area contributed by atoms with Crippen molar-refractivity contribution in [3.05, 3.63) is 57.5 Å². The summed E-state index contributed by atoms with van der Waals surface area (Å²) in [6, 6.07) is 9.19. The standard InChI is InChI=1S/C18H22N4O2/c1-21(2)15-7-4-12(5-8-15)18(24)19-14-6-9-16-13(10-14)11-17(23)22(3)20-16/h4-5,7-8,11,14H,6,9-10H2,1-3H3,(H,19,24)/t14-/m1/s1. The lowest BCUT2D eigenvalue weighted by Crippen LogP contribution is -2.40. The quantitative estimate of drug-likeness (QED) is 0.918. The van der Waals surface area contributed by atoms with E-state index in [0.29, 0.717) is 12.0 Å². The van der Waals surface area contributed by atoms with Crippen LogP contribution in [0.2, 0.25) is 0 Å². The molecule has 0 bridgehead atoms. The minimum Gasteiger partial charge on any atom is -0.378 e. The van der Waals surface area contributed by atoms with Gasteiger partial charge in [0.15, 0.2) is 0 Å². The Morgan fingerprint density at radius 2 is 2.00 bits per heavy atom. The predicted molar refractivity (Wildman–Crippen MR) is 93.5 cm³/mol. The van der Waals surface area contributed by atoms with Crippen LogP contribution in [0.4, 0.5) is 5.69 Å². The highest BCUT2D eigenvalue weighted by molar-refractivity contribution is 5.94. The first kappa shape index (κ1) is 16.2. The summed E-state index contributed by atoms with van der Waals surface area (Å²) in [5, 5.41) is 7.37. The number of aromatic nitrogens is 2. The van der Waals surface area contributed by atoms with E-state index < -0.39 is 0 Å². The maximum absolute atomic E-state index is 12.4. The van der Waals surface area contributed by atoms with E-state index in [1.165, 1.54) is 4.68 Å². The molecular formula is C18H22N4O2. The Morgan fingerprint density at radius 1 is 1.29 bits per heavy atom. The third kappa shape index (κ3) is 3.32. The summed E-state index contributed by atoms with van der Waals surface area (Å²) < 4.78 is 1.37. The largest absolute Gasteiger partial charge is 0.378 e. The molecule has 0 radical (unpaired) electrons. The summed E-state index contributed by atoms with van der Waals surface area (Å²) >= 11 is 0. The van der Waals surface area contributed by atoms with Gasteiger partial charge in [-0.3, -0.25) is 9.59 Å². The summed E-state index contributed by atoms with van der Waals surface area (Å²) in [5.41, 5.74) is 3.49. The van der Waals surface area contributed by atoms with Crippen molar-refractivity contribution in [3.8, 4) is 0 Å². The number of carbonyl (C=O) groups is 1. The maximum Gasteiger partial charge on any atom is 0.266 e. The van der Waals surface area contributed by atoms with Crippen LogP contribution in [0.25, 0.3) is 0 Å². The number of hydrogen-bond donors (Lipinski definition) is 1. The zero-order valence-electron chi connectivity index (χ0n) is 14.2. The lowest BCUT2D eigenvalue weighted by atomic mass is 9.92. The second-order valence-electron chi connectivity index (χ2n) is 6.43. The molecule has 0 fully saturated rings. The number of fused-ring (bicyclic) bond motifs is 1. The molecule has 6 heteroatoms. The Labute approximate surface area is 141 Å². The number of hydrogen-bond acceptors (Lipinski definition) is 4. The molecular weight excluding hydrogens is 304 g/mol. The van der Waals surface area contributed by atoms with E-state index in [9.17, 15) is 9.59 Å². The maximum atomic E-state index is 12.4. The van der Waals surface area contributed by atoms with Crippen molar-refractivity contribution in [2.45, 2.75) is 25.3 Å². The second-order valence-corrected chi connectivity index (χ2v) is 6.43. The highest BCUT2D eigenvalue weighted by Crippen LogP contribution is 2.19. The highest BCUT2D eigenvalue weighted by Gasteiger charge is 2.22. The normalized spacial score (nSPS) is 16.4. The van der Waals surface area contributed by atoms with Crippen molar-refractivity contribution in [2.75, 3.05) is 19.0 Å². The fourth-order valence-corrected chi connectivity index (χ4v) is 2.99. The molecule has 0 saturated carbocycles. The van der Waals surface area contributed by atoms with Crippen LogP contribution >= 0.6 is 0 Å². The molecule has 0 aliphatic heterocycles. The average molecular weight is 326 g/mol. The van der Waals surface area contributed by atoms with E-state index in [1.807, 2.05) is 43.3 Å². The number of nitrogens with zero attached hydrogens (tertiary/aromatic N) is 3. The van der Waals surface area contributed by atoms with Gasteiger partial charge in [0.1, 0.15) is 0 Å². The van der Waals surface area contributed by atoms with E-state index in [1.54, 1.807) is 13.1 Å². The van der Waals surface area contributed by atoms with Crippen molar-refractivity contribution in [2.24, 2.45) is 7.05 Å². The van der Waals surface area contributed by atoms with Gasteiger partial charge in [0.25, 0.3) is 11.5 Å². The molecule has 2 aromatic rings. The van der Waals surface area contributed by atoms with E-state index >= 15 is 0 Å². The fraction of sp³-hybridized carbons (Fsp3) is 0.389. The van der Waals surface area contributed by atoms with Gasteiger partial charge >= 0.3 is 0 Å². The highest BCUT2D eigenvalue weighted by atomic mass is 16.1. The van der Waals surface area contributed by atoms with Gasteiger partial charge < -0.3 is 10.2 Å². The smallest absolute Gasteiger partial charge is 0.266 e. The number of benzene rings is 1. The molecule has 1 amide bonds. The SMILES string of the molecule is CN(C)c1ccc(C(=O)N[C@@H]2CCc3nn(C)c(=O)cc3C2)cc1. The number of aryl methyl sites for hydroxylation is 2. The number of carbonyl (C=O) groups excluding carboxylic acids is 1. The molecule has 1 aliphatic rings. The van der Waals surface area contributed by atoms with Gasteiger partial charge in [-0.05, 0) is 49.1 Å². The number of rotatable bonds is 3. The van der Waals surface area contributed by atoms with E-state index in [0.717, 1.165) is 29.8 Å². The lowest BCUT2D eigenvalue weighted by molar-refractivity contribution is 0.0933. The average Bonchev–Trinajstić information content (AvgIpc) is 2.56. The van der Waals surface area contributed by atoms with Crippen LogP contribution in [-0.4, -0.2) is 35.8 Å². The third-order valence-corrected chi connectivity index (χ3v) is 4.44. The van der Waals surface area contributed by atoms with E-state index in [4.69, 9.17) is 0 Å². The predicted octanol–water partition coefficient (Wildman–Crippen LogP) is 1.13. The van der Waals surface area contributed by atoms with Gasteiger partial charge in [0, 0.05) is 44.5 Å². The molecule has 0 spiro atoms. The summed E-state index contributed by atoms with van der Waals surface area (Å²) in [6.45, 7) is 0. The number of anilines is 1. The molecule has 1 aromatic heterocycles. The molecule has 1 atom stereocenters. The Balaban J connectivity index is 1.69. The van der Waals surface area contributed by atoms with Gasteiger partial charge in [0.2, 0.25) is 0 Å². The van der Waals surface area contributed by atoms with Crippen LogP contribution in [0.1, 0.15) is 28.0 Å². The van der Waals surface area contributed by atoms with Gasteiger partial charge in [-0.25, -0.2) is 4.68 Å². The van der Waals surface area contributed by atoms with Crippen LogP contribution in [0.15, 0.2) is 35.1 Å². The minimum absolute atomic E-state index is 0.0347. The van der Waals surface area contributed by atoms with Gasteiger partial charge in [-0.15, -0.1) is 0 Å². The first-order valence-corrected chi connectivity index (χ1v) is 8.08. The zero-order valence-corrected chi connectivity index (χ0v) is 14.2. The second kappa shape index (κ2) is 6.47. The Morgan fingerprint density at radius 3 is 2.67 bits per heavy atom. The molecule has 126 valence electrons. The summed E-state index contributed by atoms with van der Waals surface area (Å²) in [4.78, 5) is 26.2. The number of amides is 1. The molecule has 24 heavy (non-hydrogen) atoms. The van der Waals surface area contributed by atoms with E-state index in [2.05, 4.69) is 10.4 Å². The molecule has 0 saturated heterocycles. The van der Waals surface area contributed by atoms with Crippen LogP contribution in [0.3, 0.4) is 0 Å². The first-order valence-electron chi connectivity index (χ1n) is 8.08. The lowest BCUT2D eigenvalue weighted by Gasteiger charge is -2.25. The van der Waals surface area contributed by atoms with E-state index in [-0.39, 0.29) is 17.5 Å². The van der Waals surface area contributed by atoms with Crippen molar-refractivity contribution >= 4 is 11.6 Å². The Kier molecular flexibility index (Phi) is 4.38. The number of nitrogens with one attached hydrogen (secondary N) is 1. The van der Waals surface area contributed by atoms with Crippen LogP contribution in [0.5, 0.6) is 0 Å². The summed E-state index contributed by atoms with van der Waals surface area (Å²) in [5.74, 6) is -0.0782. The van der Waals surface area contributed by atoms with Crippen molar-refractivity contribution < 1.29 is 4.79 Å².